The van der Waals surface area contributed by atoms with Gasteiger partial charge in [0.2, 0.25) is 0 Å². The number of carbonyl (C=O) groups is 2. The largest absolute Gasteiger partial charge is 0.466 e. The number of esters is 1. The van der Waals surface area contributed by atoms with Crippen molar-refractivity contribution in [1.29, 1.82) is 0 Å². The summed E-state index contributed by atoms with van der Waals surface area (Å²) in [6, 6.07) is 9.96. The summed E-state index contributed by atoms with van der Waals surface area (Å²) in [6.07, 6.45) is 3.02. The quantitative estimate of drug-likeness (QED) is 0.645. The molecule has 162 valence electrons. The first-order chi connectivity index (χ1) is 14.5. The molecule has 0 unspecified atom stereocenters. The van der Waals surface area contributed by atoms with Crippen LogP contribution in [0.2, 0.25) is 0 Å². The second kappa shape index (κ2) is 9.92. The highest BCUT2D eigenvalue weighted by molar-refractivity contribution is 5.97. The van der Waals surface area contributed by atoms with Crippen molar-refractivity contribution >= 4 is 11.9 Å². The maximum absolute atomic E-state index is 13.7. The molecule has 6 nitrogen and oxygen atoms in total. The third kappa shape index (κ3) is 4.74. The van der Waals surface area contributed by atoms with Crippen LogP contribution < -0.4 is 0 Å². The number of ether oxygens (including phenoxy) is 1. The Morgan fingerprint density at radius 3 is 2.57 bits per heavy atom. The van der Waals surface area contributed by atoms with Gasteiger partial charge in [-0.3, -0.25) is 9.59 Å². The average molecular weight is 412 g/mol. The number of rotatable bonds is 7. The molecule has 1 aromatic heterocycles. The highest BCUT2D eigenvalue weighted by Gasteiger charge is 2.33. The summed E-state index contributed by atoms with van der Waals surface area (Å²) in [5, 5.41) is 4.87. The average Bonchev–Trinajstić information content (AvgIpc) is 3.11. The summed E-state index contributed by atoms with van der Waals surface area (Å²) in [5.74, 6) is -0.0776. The van der Waals surface area contributed by atoms with Crippen LogP contribution in [0.4, 0.5) is 0 Å². The molecule has 2 aromatic rings. The fourth-order valence-corrected chi connectivity index (χ4v) is 4.16. The third-order valence-corrected chi connectivity index (χ3v) is 5.53. The van der Waals surface area contributed by atoms with Gasteiger partial charge in [-0.1, -0.05) is 39.0 Å². The predicted octanol–water partition coefficient (Wildman–Crippen LogP) is 4.05. The van der Waals surface area contributed by atoms with E-state index < -0.39 is 0 Å². The number of hydrogen-bond donors (Lipinski definition) is 0. The molecule has 2 heterocycles. The van der Waals surface area contributed by atoms with Crippen LogP contribution in [0.15, 0.2) is 30.3 Å². The molecule has 30 heavy (non-hydrogen) atoms. The molecular formula is C24H33N3O3. The SMILES string of the molecule is CCOC(=O)[C@H]1CCCN(C(=O)c2c(CC(C)C)nn(-c3ccccc3)c2CC)C1. The van der Waals surface area contributed by atoms with Crippen LogP contribution in [-0.2, 0) is 22.4 Å². The Balaban J connectivity index is 1.97. The zero-order valence-corrected chi connectivity index (χ0v) is 18.6. The van der Waals surface area contributed by atoms with Crippen molar-refractivity contribution in [3.8, 4) is 5.69 Å². The van der Waals surface area contributed by atoms with Crippen molar-refractivity contribution in [2.24, 2.45) is 11.8 Å². The van der Waals surface area contributed by atoms with Crippen molar-refractivity contribution in [2.75, 3.05) is 19.7 Å². The first kappa shape index (κ1) is 22.1. The molecule has 0 saturated carbocycles. The van der Waals surface area contributed by atoms with Gasteiger partial charge in [0.05, 0.1) is 35.2 Å². The maximum Gasteiger partial charge on any atom is 0.310 e. The highest BCUT2D eigenvalue weighted by atomic mass is 16.5. The summed E-state index contributed by atoms with van der Waals surface area (Å²) in [4.78, 5) is 27.7. The molecule has 0 aliphatic carbocycles. The Morgan fingerprint density at radius 1 is 1.20 bits per heavy atom. The highest BCUT2D eigenvalue weighted by Crippen LogP contribution is 2.26. The van der Waals surface area contributed by atoms with E-state index in [1.165, 1.54) is 0 Å². The van der Waals surface area contributed by atoms with Gasteiger partial charge in [0, 0.05) is 13.1 Å². The lowest BCUT2D eigenvalue weighted by Gasteiger charge is -2.31. The Hall–Kier alpha value is -2.63. The topological polar surface area (TPSA) is 64.4 Å². The molecular weight excluding hydrogens is 378 g/mol. The van der Waals surface area contributed by atoms with E-state index in [2.05, 4.69) is 20.8 Å². The summed E-state index contributed by atoms with van der Waals surface area (Å²) in [5.41, 5.74) is 3.44. The van der Waals surface area contributed by atoms with Crippen molar-refractivity contribution in [1.82, 2.24) is 14.7 Å². The molecule has 0 radical (unpaired) electrons. The first-order valence-electron chi connectivity index (χ1n) is 11.1. The van der Waals surface area contributed by atoms with E-state index >= 15 is 0 Å². The van der Waals surface area contributed by atoms with Crippen LogP contribution in [0, 0.1) is 11.8 Å². The molecule has 0 spiro atoms. The monoisotopic (exact) mass is 411 g/mol. The molecule has 6 heteroatoms. The van der Waals surface area contributed by atoms with E-state index in [0.717, 1.165) is 36.3 Å². The van der Waals surface area contributed by atoms with Gasteiger partial charge < -0.3 is 9.64 Å². The molecule has 0 N–H and O–H groups in total. The Morgan fingerprint density at radius 2 is 1.93 bits per heavy atom. The third-order valence-electron chi connectivity index (χ3n) is 5.53. The molecule has 1 amide bonds. The van der Waals surface area contributed by atoms with Gasteiger partial charge >= 0.3 is 5.97 Å². The van der Waals surface area contributed by atoms with Gasteiger partial charge in [-0.25, -0.2) is 4.68 Å². The molecule has 1 aromatic carbocycles. The molecule has 1 saturated heterocycles. The van der Waals surface area contributed by atoms with Gasteiger partial charge in [-0.05, 0) is 50.7 Å². The van der Waals surface area contributed by atoms with E-state index in [1.807, 2.05) is 46.8 Å². The number of hydrogen-bond acceptors (Lipinski definition) is 4. The second-order valence-electron chi connectivity index (χ2n) is 8.31. The van der Waals surface area contributed by atoms with Gasteiger partial charge in [0.1, 0.15) is 0 Å². The lowest BCUT2D eigenvalue weighted by Crippen LogP contribution is -2.43. The predicted molar refractivity (Wildman–Crippen MR) is 117 cm³/mol. The fraction of sp³-hybridized carbons (Fsp3) is 0.542. The standard InChI is InChI=1S/C24H33N3O3/c1-5-21-22(23(28)26-14-10-11-18(16-26)24(29)30-6-2)20(15-17(3)4)25-27(21)19-12-8-7-9-13-19/h7-9,12-13,17-18H,5-6,10-11,14-16H2,1-4H3/t18-/m0/s1. The minimum absolute atomic E-state index is 0.0151. The van der Waals surface area contributed by atoms with Crippen molar-refractivity contribution in [2.45, 2.75) is 53.4 Å². The van der Waals surface area contributed by atoms with Gasteiger partial charge in [-0.15, -0.1) is 0 Å². The minimum atomic E-state index is -0.245. The number of likely N-dealkylation sites (tertiary alicyclic amines) is 1. The lowest BCUT2D eigenvalue weighted by atomic mass is 9.96. The fourth-order valence-electron chi connectivity index (χ4n) is 4.16. The van der Waals surface area contributed by atoms with Crippen LogP contribution in [0.3, 0.4) is 0 Å². The van der Waals surface area contributed by atoms with E-state index in [9.17, 15) is 9.59 Å². The molecule has 1 atom stereocenters. The zero-order chi connectivity index (χ0) is 21.7. The number of para-hydroxylation sites is 1. The minimum Gasteiger partial charge on any atom is -0.466 e. The van der Waals surface area contributed by atoms with E-state index in [0.29, 0.717) is 37.6 Å². The number of piperidine rings is 1. The van der Waals surface area contributed by atoms with E-state index in [-0.39, 0.29) is 17.8 Å². The summed E-state index contributed by atoms with van der Waals surface area (Å²) < 4.78 is 7.12. The number of nitrogens with zero attached hydrogens (tertiary/aromatic N) is 3. The maximum atomic E-state index is 13.7. The summed E-state index contributed by atoms with van der Waals surface area (Å²) in [6.45, 7) is 9.59. The van der Waals surface area contributed by atoms with Gasteiger partial charge in [0.25, 0.3) is 5.91 Å². The Kier molecular flexibility index (Phi) is 7.29. The number of amides is 1. The van der Waals surface area contributed by atoms with Crippen LogP contribution in [0.1, 0.15) is 62.3 Å². The first-order valence-corrected chi connectivity index (χ1v) is 11.1. The zero-order valence-electron chi connectivity index (χ0n) is 18.6. The van der Waals surface area contributed by atoms with Crippen LogP contribution in [0.25, 0.3) is 5.69 Å². The Labute approximate surface area is 179 Å². The summed E-state index contributed by atoms with van der Waals surface area (Å²) >= 11 is 0. The van der Waals surface area contributed by atoms with Crippen molar-refractivity contribution < 1.29 is 14.3 Å². The van der Waals surface area contributed by atoms with Crippen LogP contribution >= 0.6 is 0 Å². The van der Waals surface area contributed by atoms with Crippen molar-refractivity contribution in [3.63, 3.8) is 0 Å². The lowest BCUT2D eigenvalue weighted by molar-refractivity contribution is -0.149. The van der Waals surface area contributed by atoms with Gasteiger partial charge in [-0.2, -0.15) is 5.10 Å². The number of carbonyl (C=O) groups excluding carboxylic acids is 2. The molecule has 3 rings (SSSR count). The molecule has 0 bridgehead atoms. The second-order valence-corrected chi connectivity index (χ2v) is 8.31. The van der Waals surface area contributed by atoms with Crippen LogP contribution in [0.5, 0.6) is 0 Å². The molecule has 1 fully saturated rings. The smallest absolute Gasteiger partial charge is 0.310 e. The van der Waals surface area contributed by atoms with Crippen molar-refractivity contribution in [3.05, 3.63) is 47.3 Å². The van der Waals surface area contributed by atoms with Crippen LogP contribution in [-0.4, -0.2) is 46.3 Å². The van der Waals surface area contributed by atoms with E-state index in [4.69, 9.17) is 9.84 Å². The Bertz CT molecular complexity index is 873. The molecule has 1 aliphatic rings. The normalized spacial score (nSPS) is 16.7. The molecule has 1 aliphatic heterocycles. The van der Waals surface area contributed by atoms with Gasteiger partial charge in [0.15, 0.2) is 0 Å². The van der Waals surface area contributed by atoms with E-state index in [1.54, 1.807) is 0 Å². The number of benzene rings is 1. The number of aromatic nitrogens is 2. The summed E-state index contributed by atoms with van der Waals surface area (Å²) in [7, 11) is 0.